The molecule has 0 saturated heterocycles. The maximum absolute atomic E-state index is 12.8. The lowest BCUT2D eigenvalue weighted by Crippen LogP contribution is -2.33. The highest BCUT2D eigenvalue weighted by atomic mass is 32.2. The van der Waals surface area contributed by atoms with E-state index in [1.807, 2.05) is 66.9 Å². The summed E-state index contributed by atoms with van der Waals surface area (Å²) in [6.45, 7) is 3.50. The van der Waals surface area contributed by atoms with Gasteiger partial charge in [0.05, 0.1) is 12.5 Å². The molecule has 0 bridgehead atoms. The van der Waals surface area contributed by atoms with E-state index in [2.05, 4.69) is 10.3 Å². The molecule has 0 saturated carbocycles. The van der Waals surface area contributed by atoms with Crippen molar-refractivity contribution >= 4 is 46.7 Å². The largest absolute Gasteiger partial charge is 0.326 e. The van der Waals surface area contributed by atoms with Crippen LogP contribution in [0.1, 0.15) is 36.2 Å². The van der Waals surface area contributed by atoms with Crippen LogP contribution < -0.4 is 5.32 Å². The second-order valence-electron chi connectivity index (χ2n) is 7.02. The number of rotatable bonds is 5. The number of hydrogen-bond donors (Lipinski definition) is 1. The molecule has 1 aliphatic heterocycles. The molecule has 0 radical (unpaired) electrons. The summed E-state index contributed by atoms with van der Waals surface area (Å²) >= 11 is 3.22. The Labute approximate surface area is 183 Å². The Morgan fingerprint density at radius 3 is 2.63 bits per heavy atom. The molecule has 2 aromatic carbocycles. The normalized spacial score (nSPS) is 15.0. The van der Waals surface area contributed by atoms with Crippen LogP contribution in [-0.4, -0.2) is 21.7 Å². The smallest absolute Gasteiger partial charge is 0.226 e. The van der Waals surface area contributed by atoms with Crippen molar-refractivity contribution in [3.05, 3.63) is 76.9 Å². The molecule has 1 aromatic heterocycles. The lowest BCUT2D eigenvalue weighted by Gasteiger charge is -2.32. The summed E-state index contributed by atoms with van der Waals surface area (Å²) in [6, 6.07) is 15.3. The predicted molar refractivity (Wildman–Crippen MR) is 121 cm³/mol. The van der Waals surface area contributed by atoms with Gasteiger partial charge in [-0.25, -0.2) is 4.98 Å². The molecular formula is C23H21N3O2S2. The average molecular weight is 436 g/mol. The maximum Gasteiger partial charge on any atom is 0.226 e. The number of carbonyl (C=O) groups excluding carboxylic acids is 2. The van der Waals surface area contributed by atoms with Crippen LogP contribution in [-0.2, 0) is 9.59 Å². The molecule has 0 aliphatic carbocycles. The van der Waals surface area contributed by atoms with Crippen LogP contribution >= 0.6 is 23.1 Å². The molecule has 2 heterocycles. The first kappa shape index (κ1) is 20.4. The summed E-state index contributed by atoms with van der Waals surface area (Å²) in [5, 5.41) is 4.98. The number of aromatic nitrogens is 1. The molecule has 4 rings (SSSR count). The summed E-state index contributed by atoms with van der Waals surface area (Å²) in [4.78, 5) is 32.0. The first-order chi connectivity index (χ1) is 14.5. The summed E-state index contributed by atoms with van der Waals surface area (Å²) in [6.07, 6.45) is 3.86. The van der Waals surface area contributed by atoms with E-state index in [1.54, 1.807) is 34.2 Å². The van der Waals surface area contributed by atoms with Crippen LogP contribution in [0.3, 0.4) is 0 Å². The molecule has 0 spiro atoms. The number of anilines is 1. The second-order valence-corrected chi connectivity index (χ2v) is 9.20. The van der Waals surface area contributed by atoms with Gasteiger partial charge in [0.25, 0.3) is 0 Å². The molecule has 1 N–H and O–H groups in total. The van der Waals surface area contributed by atoms with E-state index in [0.29, 0.717) is 0 Å². The Balaban J connectivity index is 1.43. The zero-order chi connectivity index (χ0) is 21.1. The zero-order valence-electron chi connectivity index (χ0n) is 16.7. The van der Waals surface area contributed by atoms with Crippen molar-refractivity contribution < 1.29 is 9.59 Å². The van der Waals surface area contributed by atoms with E-state index >= 15 is 0 Å². The minimum absolute atomic E-state index is 0.0858. The van der Waals surface area contributed by atoms with Crippen molar-refractivity contribution in [2.24, 2.45) is 0 Å². The molecule has 7 heteroatoms. The highest BCUT2D eigenvalue weighted by Crippen LogP contribution is 2.34. The zero-order valence-corrected chi connectivity index (χ0v) is 18.3. The van der Waals surface area contributed by atoms with Gasteiger partial charge in [0.15, 0.2) is 4.34 Å². The van der Waals surface area contributed by atoms with E-state index < -0.39 is 0 Å². The van der Waals surface area contributed by atoms with Crippen molar-refractivity contribution in [2.45, 2.75) is 35.5 Å². The number of thiazole rings is 1. The van der Waals surface area contributed by atoms with Gasteiger partial charge in [0.1, 0.15) is 0 Å². The molecule has 152 valence electrons. The molecule has 1 unspecified atom stereocenters. The number of nitrogens with one attached hydrogen (secondary N) is 1. The fourth-order valence-corrected chi connectivity index (χ4v) is 5.20. The minimum Gasteiger partial charge on any atom is -0.326 e. The lowest BCUT2D eigenvalue weighted by atomic mass is 9.93. The Morgan fingerprint density at radius 1 is 1.17 bits per heavy atom. The van der Waals surface area contributed by atoms with Crippen molar-refractivity contribution in [2.75, 3.05) is 5.32 Å². The SMILES string of the molecule is CC(=O)N1C=Cc2ccccc2C1CC(=O)Nc1ccc(Sc2nc(C)cs2)cc1. The van der Waals surface area contributed by atoms with E-state index in [0.717, 1.165) is 31.7 Å². The second kappa shape index (κ2) is 8.85. The standard InChI is InChI=1S/C23H21N3O2S2/c1-15-14-29-23(24-15)30-19-9-7-18(8-10-19)25-22(28)13-21-20-6-4-3-5-17(20)11-12-26(21)16(2)27/h3-12,14,21H,13H2,1-2H3,(H,25,28). The lowest BCUT2D eigenvalue weighted by molar-refractivity contribution is -0.129. The third-order valence-electron chi connectivity index (χ3n) is 4.79. The third kappa shape index (κ3) is 4.63. The van der Waals surface area contributed by atoms with Crippen molar-refractivity contribution in [1.29, 1.82) is 0 Å². The van der Waals surface area contributed by atoms with Crippen molar-refractivity contribution in [3.63, 3.8) is 0 Å². The number of hydrogen-bond acceptors (Lipinski definition) is 5. The summed E-state index contributed by atoms with van der Waals surface area (Å²) < 4.78 is 0.998. The molecule has 30 heavy (non-hydrogen) atoms. The number of nitrogens with zero attached hydrogens (tertiary/aromatic N) is 2. The van der Waals surface area contributed by atoms with Crippen LogP contribution in [0.2, 0.25) is 0 Å². The van der Waals surface area contributed by atoms with Crippen LogP contribution in [0.25, 0.3) is 6.08 Å². The van der Waals surface area contributed by atoms with Gasteiger partial charge in [-0.1, -0.05) is 36.0 Å². The highest BCUT2D eigenvalue weighted by molar-refractivity contribution is 8.01. The monoisotopic (exact) mass is 435 g/mol. The van der Waals surface area contributed by atoms with Crippen LogP contribution in [0.15, 0.2) is 69.3 Å². The molecule has 3 aromatic rings. The predicted octanol–water partition coefficient (Wildman–Crippen LogP) is 5.51. The Morgan fingerprint density at radius 2 is 1.93 bits per heavy atom. The van der Waals surface area contributed by atoms with Gasteiger partial charge in [0.2, 0.25) is 11.8 Å². The number of benzene rings is 2. The average Bonchev–Trinajstić information content (AvgIpc) is 3.14. The van der Waals surface area contributed by atoms with Gasteiger partial charge in [-0.05, 0) is 48.4 Å². The maximum atomic E-state index is 12.8. The fraction of sp³-hybridized carbons (Fsp3) is 0.174. The van der Waals surface area contributed by atoms with Gasteiger partial charge in [-0.2, -0.15) is 0 Å². The Bertz CT molecular complexity index is 1110. The van der Waals surface area contributed by atoms with Gasteiger partial charge in [0, 0.05) is 34.8 Å². The Kier molecular flexibility index (Phi) is 6.01. The first-order valence-electron chi connectivity index (χ1n) is 9.55. The molecule has 2 amide bonds. The number of carbonyl (C=O) groups is 2. The summed E-state index contributed by atoms with van der Waals surface area (Å²) in [7, 11) is 0. The van der Waals surface area contributed by atoms with Gasteiger partial charge < -0.3 is 10.2 Å². The van der Waals surface area contributed by atoms with E-state index in [4.69, 9.17) is 0 Å². The van der Waals surface area contributed by atoms with Crippen molar-refractivity contribution in [3.8, 4) is 0 Å². The molecular weight excluding hydrogens is 414 g/mol. The third-order valence-corrected chi connectivity index (χ3v) is 6.85. The molecule has 1 aliphatic rings. The first-order valence-corrected chi connectivity index (χ1v) is 11.2. The Hall–Kier alpha value is -2.90. The molecule has 5 nitrogen and oxygen atoms in total. The van der Waals surface area contributed by atoms with Crippen LogP contribution in [0, 0.1) is 6.92 Å². The van der Waals surface area contributed by atoms with E-state index in [1.165, 1.54) is 6.92 Å². The van der Waals surface area contributed by atoms with E-state index in [-0.39, 0.29) is 24.3 Å². The minimum atomic E-state index is -0.313. The molecule has 1 atom stereocenters. The molecule has 0 fully saturated rings. The van der Waals surface area contributed by atoms with Crippen LogP contribution in [0.5, 0.6) is 0 Å². The van der Waals surface area contributed by atoms with Gasteiger partial charge in [-0.15, -0.1) is 11.3 Å². The number of fused-ring (bicyclic) bond motifs is 1. The van der Waals surface area contributed by atoms with E-state index in [9.17, 15) is 9.59 Å². The number of aryl methyl sites for hydroxylation is 1. The van der Waals surface area contributed by atoms with Crippen molar-refractivity contribution in [1.82, 2.24) is 9.88 Å². The van der Waals surface area contributed by atoms with Gasteiger partial charge >= 0.3 is 0 Å². The summed E-state index contributed by atoms with van der Waals surface area (Å²) in [5.74, 6) is -0.218. The summed E-state index contributed by atoms with van der Waals surface area (Å²) in [5.41, 5.74) is 3.77. The highest BCUT2D eigenvalue weighted by Gasteiger charge is 2.28. The van der Waals surface area contributed by atoms with Gasteiger partial charge in [-0.3, -0.25) is 9.59 Å². The fourth-order valence-electron chi connectivity index (χ4n) is 3.39. The quantitative estimate of drug-likeness (QED) is 0.574. The number of amides is 2. The topological polar surface area (TPSA) is 62.3 Å². The van der Waals surface area contributed by atoms with Crippen LogP contribution in [0.4, 0.5) is 5.69 Å².